The summed E-state index contributed by atoms with van der Waals surface area (Å²) < 4.78 is 27.4. The van der Waals surface area contributed by atoms with Gasteiger partial charge in [-0.05, 0) is 37.3 Å². The first-order chi connectivity index (χ1) is 8.86. The van der Waals surface area contributed by atoms with Gasteiger partial charge in [0.05, 0.1) is 6.61 Å². The summed E-state index contributed by atoms with van der Waals surface area (Å²) in [6.45, 7) is 6.37. The molecule has 1 aliphatic rings. The summed E-state index contributed by atoms with van der Waals surface area (Å²) in [6.07, 6.45) is 1.92. The highest BCUT2D eigenvalue weighted by atomic mass is 32.2. The molecular weight excluding hydrogens is 282 g/mol. The van der Waals surface area contributed by atoms with Crippen molar-refractivity contribution >= 4 is 21.4 Å². The number of rotatable bonds is 6. The zero-order valence-corrected chi connectivity index (χ0v) is 13.2. The third-order valence-corrected chi connectivity index (χ3v) is 6.79. The molecule has 1 heterocycles. The SMILES string of the molecule is Cc1cc(S(=O)(=O)N(CC(C)C)C2CC2)sc1CO. The Morgan fingerprint density at radius 2 is 2.11 bits per heavy atom. The van der Waals surface area contributed by atoms with Crippen molar-refractivity contribution in [1.82, 2.24) is 4.31 Å². The molecule has 1 N–H and O–H groups in total. The zero-order valence-electron chi connectivity index (χ0n) is 11.6. The summed E-state index contributed by atoms with van der Waals surface area (Å²) in [4.78, 5) is 0.735. The zero-order chi connectivity index (χ0) is 14.2. The maximum absolute atomic E-state index is 12.7. The Hall–Kier alpha value is -0.430. The van der Waals surface area contributed by atoms with Gasteiger partial charge in [-0.2, -0.15) is 4.31 Å². The van der Waals surface area contributed by atoms with Gasteiger partial charge in [-0.3, -0.25) is 0 Å². The predicted molar refractivity (Wildman–Crippen MR) is 76.7 cm³/mol. The molecule has 0 atom stereocenters. The Labute approximate surface area is 119 Å². The molecule has 1 aromatic rings. The molecule has 0 bridgehead atoms. The molecule has 0 aromatic carbocycles. The Balaban J connectivity index is 2.32. The molecule has 0 radical (unpaired) electrons. The van der Waals surface area contributed by atoms with Gasteiger partial charge in [-0.15, -0.1) is 11.3 Å². The molecule has 19 heavy (non-hydrogen) atoms. The number of sulfonamides is 1. The second-order valence-corrected chi connectivity index (χ2v) is 8.78. The highest BCUT2D eigenvalue weighted by Crippen LogP contribution is 2.35. The topological polar surface area (TPSA) is 57.6 Å². The average molecular weight is 303 g/mol. The van der Waals surface area contributed by atoms with Gasteiger partial charge in [-0.1, -0.05) is 13.8 Å². The Morgan fingerprint density at radius 1 is 1.47 bits per heavy atom. The Kier molecular flexibility index (Phi) is 4.35. The lowest BCUT2D eigenvalue weighted by atomic mass is 10.2. The largest absolute Gasteiger partial charge is 0.391 e. The number of hydrogen-bond acceptors (Lipinski definition) is 4. The number of aliphatic hydroxyl groups excluding tert-OH is 1. The lowest BCUT2D eigenvalue weighted by Crippen LogP contribution is -2.35. The minimum Gasteiger partial charge on any atom is -0.391 e. The summed E-state index contributed by atoms with van der Waals surface area (Å²) in [5, 5.41) is 9.21. The normalized spacial score (nSPS) is 16.5. The van der Waals surface area contributed by atoms with E-state index in [1.54, 1.807) is 10.4 Å². The van der Waals surface area contributed by atoms with Crippen LogP contribution in [0.5, 0.6) is 0 Å². The second-order valence-electron chi connectivity index (χ2n) is 5.53. The van der Waals surface area contributed by atoms with Crippen LogP contribution in [0.1, 0.15) is 37.1 Å². The fourth-order valence-corrected chi connectivity index (χ4v) is 5.48. The first kappa shape index (κ1) is 15.0. The van der Waals surface area contributed by atoms with E-state index >= 15 is 0 Å². The van der Waals surface area contributed by atoms with Gasteiger partial charge < -0.3 is 5.11 Å². The summed E-state index contributed by atoms with van der Waals surface area (Å²) in [6, 6.07) is 1.86. The van der Waals surface area contributed by atoms with Crippen LogP contribution >= 0.6 is 11.3 Å². The number of aryl methyl sites for hydroxylation is 1. The lowest BCUT2D eigenvalue weighted by Gasteiger charge is -2.22. The summed E-state index contributed by atoms with van der Waals surface area (Å²) in [5.74, 6) is 0.314. The maximum atomic E-state index is 12.7. The van der Waals surface area contributed by atoms with Crippen molar-refractivity contribution in [2.24, 2.45) is 5.92 Å². The van der Waals surface area contributed by atoms with Gasteiger partial charge in [0.25, 0.3) is 10.0 Å². The van der Waals surface area contributed by atoms with Crippen LogP contribution in [0.3, 0.4) is 0 Å². The van der Waals surface area contributed by atoms with Crippen molar-refractivity contribution in [3.05, 3.63) is 16.5 Å². The molecule has 0 unspecified atom stereocenters. The second kappa shape index (κ2) is 5.52. The molecule has 4 nitrogen and oxygen atoms in total. The minimum atomic E-state index is -3.40. The molecule has 0 saturated heterocycles. The molecule has 1 saturated carbocycles. The summed E-state index contributed by atoms with van der Waals surface area (Å²) >= 11 is 1.19. The molecule has 0 spiro atoms. The van der Waals surface area contributed by atoms with E-state index in [2.05, 4.69) is 0 Å². The summed E-state index contributed by atoms with van der Waals surface area (Å²) in [7, 11) is -3.40. The molecule has 2 rings (SSSR count). The molecule has 0 amide bonds. The van der Waals surface area contributed by atoms with Gasteiger partial charge in [0.1, 0.15) is 4.21 Å². The monoisotopic (exact) mass is 303 g/mol. The van der Waals surface area contributed by atoms with Gasteiger partial charge in [0.15, 0.2) is 0 Å². The highest BCUT2D eigenvalue weighted by Gasteiger charge is 2.39. The van der Waals surface area contributed by atoms with E-state index in [9.17, 15) is 13.5 Å². The van der Waals surface area contributed by atoms with E-state index in [4.69, 9.17) is 0 Å². The van der Waals surface area contributed by atoms with E-state index in [-0.39, 0.29) is 12.6 Å². The average Bonchev–Trinajstić information content (AvgIpc) is 3.08. The molecule has 1 aromatic heterocycles. The van der Waals surface area contributed by atoms with E-state index in [1.165, 1.54) is 11.3 Å². The van der Waals surface area contributed by atoms with Crippen molar-refractivity contribution in [2.75, 3.05) is 6.54 Å². The van der Waals surface area contributed by atoms with Crippen LogP contribution in [0.25, 0.3) is 0 Å². The maximum Gasteiger partial charge on any atom is 0.252 e. The third-order valence-electron chi connectivity index (χ3n) is 3.20. The van der Waals surface area contributed by atoms with Crippen LogP contribution < -0.4 is 0 Å². The van der Waals surface area contributed by atoms with Crippen molar-refractivity contribution in [2.45, 2.75) is 50.5 Å². The first-order valence-corrected chi connectivity index (χ1v) is 8.84. The minimum absolute atomic E-state index is 0.0976. The van der Waals surface area contributed by atoms with Crippen LogP contribution in [-0.4, -0.2) is 30.4 Å². The molecule has 6 heteroatoms. The number of hydrogen-bond donors (Lipinski definition) is 1. The van der Waals surface area contributed by atoms with E-state index in [1.807, 2.05) is 20.8 Å². The van der Waals surface area contributed by atoms with E-state index in [0.29, 0.717) is 16.7 Å². The molecule has 108 valence electrons. The van der Waals surface area contributed by atoms with Crippen molar-refractivity contribution in [1.29, 1.82) is 0 Å². The quantitative estimate of drug-likeness (QED) is 0.877. The standard InChI is InChI=1S/C13H21NO3S2/c1-9(2)7-14(11-4-5-11)19(16,17)13-6-10(3)12(8-15)18-13/h6,9,11,15H,4-5,7-8H2,1-3H3. The molecule has 1 fully saturated rings. The van der Waals surface area contributed by atoms with Gasteiger partial charge in [0.2, 0.25) is 0 Å². The summed E-state index contributed by atoms with van der Waals surface area (Å²) in [5.41, 5.74) is 0.853. The van der Waals surface area contributed by atoms with Crippen molar-refractivity contribution < 1.29 is 13.5 Å². The van der Waals surface area contributed by atoms with Crippen LogP contribution in [0, 0.1) is 12.8 Å². The van der Waals surface area contributed by atoms with Crippen LogP contribution in [0.2, 0.25) is 0 Å². The van der Waals surface area contributed by atoms with E-state index in [0.717, 1.165) is 23.3 Å². The predicted octanol–water partition coefficient (Wildman–Crippen LogP) is 2.36. The lowest BCUT2D eigenvalue weighted by molar-refractivity contribution is 0.285. The Morgan fingerprint density at radius 3 is 2.53 bits per heavy atom. The molecular formula is C13H21NO3S2. The van der Waals surface area contributed by atoms with Gasteiger partial charge in [0, 0.05) is 17.5 Å². The highest BCUT2D eigenvalue weighted by molar-refractivity contribution is 7.91. The number of thiophene rings is 1. The molecule has 1 aliphatic carbocycles. The van der Waals surface area contributed by atoms with E-state index < -0.39 is 10.0 Å². The van der Waals surface area contributed by atoms with Crippen molar-refractivity contribution in [3.63, 3.8) is 0 Å². The smallest absolute Gasteiger partial charge is 0.252 e. The molecule has 0 aliphatic heterocycles. The van der Waals surface area contributed by atoms with Gasteiger partial charge >= 0.3 is 0 Å². The van der Waals surface area contributed by atoms with Gasteiger partial charge in [-0.25, -0.2) is 8.42 Å². The number of nitrogens with zero attached hydrogens (tertiary/aromatic N) is 1. The fraction of sp³-hybridized carbons (Fsp3) is 0.692. The van der Waals surface area contributed by atoms with Crippen LogP contribution in [-0.2, 0) is 16.6 Å². The fourth-order valence-electron chi connectivity index (χ4n) is 2.05. The first-order valence-electron chi connectivity index (χ1n) is 6.58. The third kappa shape index (κ3) is 3.18. The van der Waals surface area contributed by atoms with Crippen molar-refractivity contribution in [3.8, 4) is 0 Å². The Bertz CT molecular complexity index is 544. The number of aliphatic hydroxyl groups is 1. The van der Waals surface area contributed by atoms with Crippen LogP contribution in [0.4, 0.5) is 0 Å². The van der Waals surface area contributed by atoms with Crippen LogP contribution in [0.15, 0.2) is 10.3 Å².